The molecule has 1 aromatic rings. The minimum Gasteiger partial charge on any atom is -0.365 e. The minimum absolute atomic E-state index is 0.426. The minimum atomic E-state index is -3.88. The van der Waals surface area contributed by atoms with E-state index in [1.807, 2.05) is 0 Å². The van der Waals surface area contributed by atoms with E-state index in [2.05, 4.69) is 0 Å². The maximum atomic E-state index is 13.3. The van der Waals surface area contributed by atoms with Crippen molar-refractivity contribution in [3.05, 3.63) is 29.6 Å². The molecule has 0 aliphatic carbocycles. The van der Waals surface area contributed by atoms with Crippen molar-refractivity contribution in [2.75, 3.05) is 14.1 Å². The molecule has 1 amide bonds. The third kappa shape index (κ3) is 2.05. The largest absolute Gasteiger partial charge is 0.365 e. The van der Waals surface area contributed by atoms with Crippen molar-refractivity contribution < 1.29 is 17.6 Å². The molecule has 5 nitrogen and oxygen atoms in total. The molecule has 0 saturated carbocycles. The van der Waals surface area contributed by atoms with Crippen molar-refractivity contribution in [2.24, 2.45) is 5.73 Å². The Balaban J connectivity index is 3.59. The van der Waals surface area contributed by atoms with Gasteiger partial charge in [0.25, 0.3) is 5.91 Å². The second-order valence-corrected chi connectivity index (χ2v) is 5.38. The Labute approximate surface area is 92.7 Å². The maximum Gasteiger partial charge on any atom is 0.253 e. The van der Waals surface area contributed by atoms with Gasteiger partial charge in [-0.15, -0.1) is 0 Å². The maximum absolute atomic E-state index is 13.3. The Bertz CT molecular complexity index is 526. The van der Waals surface area contributed by atoms with Gasteiger partial charge in [-0.05, 0) is 12.1 Å². The summed E-state index contributed by atoms with van der Waals surface area (Å²) in [5.41, 5.74) is 4.34. The predicted octanol–water partition coefficient (Wildman–Crippen LogP) is 0.175. The molecule has 16 heavy (non-hydrogen) atoms. The number of carbonyl (C=O) groups is 1. The van der Waals surface area contributed by atoms with Crippen LogP contribution in [0.1, 0.15) is 10.4 Å². The molecular formula is C9H11FN2O3S. The van der Waals surface area contributed by atoms with Gasteiger partial charge in [-0.3, -0.25) is 4.79 Å². The lowest BCUT2D eigenvalue weighted by Crippen LogP contribution is -2.26. The molecule has 0 aliphatic rings. The highest BCUT2D eigenvalue weighted by molar-refractivity contribution is 7.89. The number of halogens is 1. The highest BCUT2D eigenvalue weighted by Crippen LogP contribution is 2.20. The highest BCUT2D eigenvalue weighted by atomic mass is 32.2. The van der Waals surface area contributed by atoms with Gasteiger partial charge in [-0.25, -0.2) is 17.1 Å². The molecule has 88 valence electrons. The van der Waals surface area contributed by atoms with Crippen LogP contribution in [0.5, 0.6) is 0 Å². The quantitative estimate of drug-likeness (QED) is 0.825. The highest BCUT2D eigenvalue weighted by Gasteiger charge is 2.25. The van der Waals surface area contributed by atoms with Gasteiger partial charge in [-0.1, -0.05) is 6.07 Å². The van der Waals surface area contributed by atoms with Gasteiger partial charge in [0.05, 0.1) is 10.5 Å². The number of hydrogen-bond donors (Lipinski definition) is 1. The van der Waals surface area contributed by atoms with E-state index in [1.165, 1.54) is 20.2 Å². The fourth-order valence-corrected chi connectivity index (χ4v) is 2.26. The van der Waals surface area contributed by atoms with Gasteiger partial charge < -0.3 is 5.73 Å². The molecule has 0 fully saturated rings. The van der Waals surface area contributed by atoms with Crippen LogP contribution in [-0.2, 0) is 10.0 Å². The normalized spacial score (nSPS) is 11.8. The molecular weight excluding hydrogens is 235 g/mol. The van der Waals surface area contributed by atoms with Crippen LogP contribution >= 0.6 is 0 Å². The Hall–Kier alpha value is -1.47. The smallest absolute Gasteiger partial charge is 0.253 e. The van der Waals surface area contributed by atoms with Crippen LogP contribution < -0.4 is 5.73 Å². The number of nitrogens with zero attached hydrogens (tertiary/aromatic N) is 1. The molecule has 1 aromatic carbocycles. The Morgan fingerprint density at radius 2 is 1.94 bits per heavy atom. The number of amides is 1. The van der Waals surface area contributed by atoms with Crippen LogP contribution in [0.4, 0.5) is 4.39 Å². The third-order valence-electron chi connectivity index (χ3n) is 1.98. The number of benzene rings is 1. The zero-order chi connectivity index (χ0) is 12.5. The molecule has 1 rings (SSSR count). The van der Waals surface area contributed by atoms with Crippen LogP contribution in [-0.4, -0.2) is 32.7 Å². The van der Waals surface area contributed by atoms with Crippen LogP contribution in [0.2, 0.25) is 0 Å². The Morgan fingerprint density at radius 3 is 2.38 bits per heavy atom. The van der Waals surface area contributed by atoms with Crippen LogP contribution in [0.15, 0.2) is 23.1 Å². The van der Waals surface area contributed by atoms with Gasteiger partial charge in [0.15, 0.2) is 0 Å². The molecule has 0 bridgehead atoms. The Kier molecular flexibility index (Phi) is 3.30. The summed E-state index contributed by atoms with van der Waals surface area (Å²) in [5, 5.41) is 0. The van der Waals surface area contributed by atoms with Crippen molar-refractivity contribution >= 4 is 15.9 Å². The molecule has 0 spiro atoms. The average molecular weight is 246 g/mol. The molecule has 0 aliphatic heterocycles. The number of carbonyl (C=O) groups excluding carboxylic acids is 1. The van der Waals surface area contributed by atoms with E-state index in [4.69, 9.17) is 5.73 Å². The monoisotopic (exact) mass is 246 g/mol. The number of primary amides is 1. The SMILES string of the molecule is CN(C)S(=O)(=O)c1cccc(F)c1C(N)=O. The average Bonchev–Trinajstić information content (AvgIpc) is 2.16. The van der Waals surface area contributed by atoms with Crippen molar-refractivity contribution in [3.63, 3.8) is 0 Å². The van der Waals surface area contributed by atoms with Crippen molar-refractivity contribution in [1.82, 2.24) is 4.31 Å². The summed E-state index contributed by atoms with van der Waals surface area (Å²) in [6, 6.07) is 3.32. The number of hydrogen-bond acceptors (Lipinski definition) is 3. The lowest BCUT2D eigenvalue weighted by Gasteiger charge is -2.13. The lowest BCUT2D eigenvalue weighted by molar-refractivity contribution is 0.0993. The van der Waals surface area contributed by atoms with Crippen molar-refractivity contribution in [3.8, 4) is 0 Å². The molecule has 0 aromatic heterocycles. The fourth-order valence-electron chi connectivity index (χ4n) is 1.16. The van der Waals surface area contributed by atoms with Crippen molar-refractivity contribution in [2.45, 2.75) is 4.90 Å². The second-order valence-electron chi connectivity index (χ2n) is 3.26. The van der Waals surface area contributed by atoms with Crippen LogP contribution in [0.3, 0.4) is 0 Å². The first-order valence-electron chi connectivity index (χ1n) is 4.29. The fraction of sp³-hybridized carbons (Fsp3) is 0.222. The van der Waals surface area contributed by atoms with E-state index >= 15 is 0 Å². The van der Waals surface area contributed by atoms with E-state index in [9.17, 15) is 17.6 Å². The Morgan fingerprint density at radius 1 is 1.38 bits per heavy atom. The van der Waals surface area contributed by atoms with Gasteiger partial charge in [-0.2, -0.15) is 0 Å². The van der Waals surface area contributed by atoms with E-state index < -0.39 is 32.2 Å². The van der Waals surface area contributed by atoms with E-state index in [0.29, 0.717) is 0 Å². The van der Waals surface area contributed by atoms with E-state index in [1.54, 1.807) is 0 Å². The van der Waals surface area contributed by atoms with Gasteiger partial charge in [0.1, 0.15) is 5.82 Å². The molecule has 0 saturated heterocycles. The van der Waals surface area contributed by atoms with Gasteiger partial charge in [0, 0.05) is 14.1 Å². The standard InChI is InChI=1S/C9H11FN2O3S/c1-12(2)16(14,15)7-5-3-4-6(10)8(7)9(11)13/h3-5H,1-2H3,(H2,11,13). The first-order chi connectivity index (χ1) is 7.28. The molecule has 0 heterocycles. The first-order valence-corrected chi connectivity index (χ1v) is 5.73. The topological polar surface area (TPSA) is 80.5 Å². The summed E-state index contributed by atoms with van der Waals surface area (Å²) >= 11 is 0. The number of nitrogens with two attached hydrogens (primary N) is 1. The number of rotatable bonds is 3. The molecule has 7 heteroatoms. The van der Waals surface area contributed by atoms with Crippen LogP contribution in [0.25, 0.3) is 0 Å². The predicted molar refractivity (Wildman–Crippen MR) is 55.8 cm³/mol. The van der Waals surface area contributed by atoms with E-state index in [0.717, 1.165) is 16.4 Å². The zero-order valence-electron chi connectivity index (χ0n) is 8.77. The summed E-state index contributed by atoms with van der Waals surface area (Å²) in [5.74, 6) is -2.06. The second kappa shape index (κ2) is 4.18. The molecule has 0 atom stereocenters. The summed E-state index contributed by atoms with van der Waals surface area (Å²) < 4.78 is 37.7. The summed E-state index contributed by atoms with van der Waals surface area (Å²) in [6.45, 7) is 0. The lowest BCUT2D eigenvalue weighted by atomic mass is 10.2. The summed E-state index contributed by atoms with van der Waals surface area (Å²) in [7, 11) is -1.32. The van der Waals surface area contributed by atoms with Gasteiger partial charge >= 0.3 is 0 Å². The summed E-state index contributed by atoms with van der Waals surface area (Å²) in [6.07, 6.45) is 0. The van der Waals surface area contributed by atoms with Gasteiger partial charge in [0.2, 0.25) is 10.0 Å². The molecule has 2 N–H and O–H groups in total. The van der Waals surface area contributed by atoms with E-state index in [-0.39, 0.29) is 0 Å². The zero-order valence-corrected chi connectivity index (χ0v) is 9.58. The molecule has 0 radical (unpaired) electrons. The first kappa shape index (κ1) is 12.6. The number of sulfonamides is 1. The van der Waals surface area contributed by atoms with Crippen LogP contribution in [0, 0.1) is 5.82 Å². The van der Waals surface area contributed by atoms with Crippen molar-refractivity contribution in [1.29, 1.82) is 0 Å². The molecule has 0 unspecified atom stereocenters. The third-order valence-corrected chi connectivity index (χ3v) is 3.84. The summed E-state index contributed by atoms with van der Waals surface area (Å²) in [4.78, 5) is 10.6.